The molecule has 1 heterocycles. The summed E-state index contributed by atoms with van der Waals surface area (Å²) in [6.45, 7) is 7.99. The van der Waals surface area contributed by atoms with Crippen LogP contribution in [0.4, 0.5) is 5.69 Å². The number of benzene rings is 1. The highest BCUT2D eigenvalue weighted by Crippen LogP contribution is 2.24. The van der Waals surface area contributed by atoms with E-state index in [0.29, 0.717) is 22.9 Å². The van der Waals surface area contributed by atoms with Crippen LogP contribution in [0.15, 0.2) is 40.7 Å². The van der Waals surface area contributed by atoms with Crippen LogP contribution in [0.1, 0.15) is 49.9 Å². The molecule has 0 unspecified atom stereocenters. The van der Waals surface area contributed by atoms with Gasteiger partial charge in [0.1, 0.15) is 5.70 Å². The van der Waals surface area contributed by atoms with Crippen LogP contribution < -0.4 is 21.3 Å². The van der Waals surface area contributed by atoms with Crippen molar-refractivity contribution in [3.63, 3.8) is 0 Å². The Bertz CT molecular complexity index is 892. The summed E-state index contributed by atoms with van der Waals surface area (Å²) in [5.41, 5.74) is 8.46. The minimum atomic E-state index is -0.600. The molecule has 2 amide bonds. The molecule has 0 aromatic heterocycles. The van der Waals surface area contributed by atoms with Gasteiger partial charge in [-0.05, 0) is 69.8 Å². The largest absolute Gasteiger partial charge is 0.376 e. The molecular weight excluding hydrogens is 416 g/mol. The second-order valence-corrected chi connectivity index (χ2v) is 9.32. The Morgan fingerprint density at radius 3 is 2.15 bits per heavy atom. The fourth-order valence-corrected chi connectivity index (χ4v) is 4.39. The van der Waals surface area contributed by atoms with Gasteiger partial charge in [-0.2, -0.15) is 0 Å². The van der Waals surface area contributed by atoms with Crippen LogP contribution in [0.5, 0.6) is 0 Å². The molecule has 8 heteroatoms. The molecule has 0 spiro atoms. The van der Waals surface area contributed by atoms with Gasteiger partial charge in [-0.15, -0.1) is 0 Å². The molecule has 8 nitrogen and oxygen atoms in total. The summed E-state index contributed by atoms with van der Waals surface area (Å²) in [5, 5.41) is 6.20. The highest BCUT2D eigenvalue weighted by atomic mass is 16.2. The van der Waals surface area contributed by atoms with Crippen molar-refractivity contribution >= 4 is 23.2 Å². The van der Waals surface area contributed by atoms with Gasteiger partial charge in [0.2, 0.25) is 0 Å². The van der Waals surface area contributed by atoms with Crippen molar-refractivity contribution in [1.29, 1.82) is 0 Å². The number of carbonyl (C=O) groups excluding carboxylic acids is 2. The summed E-state index contributed by atoms with van der Waals surface area (Å²) in [6, 6.07) is 7.74. The van der Waals surface area contributed by atoms with E-state index in [1.54, 1.807) is 14.0 Å². The maximum Gasteiger partial charge on any atom is 0.267 e. The zero-order valence-electron chi connectivity index (χ0n) is 20.4. The number of anilines is 1. The number of nitrogens with one attached hydrogen (secondary N) is 2. The van der Waals surface area contributed by atoms with E-state index in [4.69, 9.17) is 5.73 Å². The van der Waals surface area contributed by atoms with Crippen molar-refractivity contribution in [3.05, 3.63) is 41.2 Å². The molecule has 1 saturated heterocycles. The number of nitrogens with two attached hydrogens (primary N) is 1. The summed E-state index contributed by atoms with van der Waals surface area (Å²) in [6.07, 6.45) is 4.14. The first-order valence-corrected chi connectivity index (χ1v) is 11.9. The van der Waals surface area contributed by atoms with Crippen LogP contribution in [-0.4, -0.2) is 68.7 Å². The predicted molar refractivity (Wildman–Crippen MR) is 133 cm³/mol. The molecule has 180 valence electrons. The maximum atomic E-state index is 13.1. The summed E-state index contributed by atoms with van der Waals surface area (Å²) in [7, 11) is 3.76. The van der Waals surface area contributed by atoms with Gasteiger partial charge in [-0.1, -0.05) is 6.92 Å². The van der Waals surface area contributed by atoms with E-state index < -0.39 is 5.91 Å². The second kappa shape index (κ2) is 11.3. The lowest BCUT2D eigenvalue weighted by molar-refractivity contribution is -0.115. The maximum absolute atomic E-state index is 13.1. The van der Waals surface area contributed by atoms with Crippen LogP contribution in [0.2, 0.25) is 0 Å². The lowest BCUT2D eigenvalue weighted by Crippen LogP contribution is -2.44. The molecular formula is C25H38N6O2. The highest BCUT2D eigenvalue weighted by Gasteiger charge is 2.24. The predicted octanol–water partition coefficient (Wildman–Crippen LogP) is 2.12. The van der Waals surface area contributed by atoms with Gasteiger partial charge in [-0.3, -0.25) is 14.6 Å². The molecule has 1 aromatic rings. The number of primary amides is 1. The van der Waals surface area contributed by atoms with Gasteiger partial charge in [0.05, 0.1) is 11.4 Å². The number of nitrogens with zero attached hydrogens (tertiary/aromatic N) is 3. The molecule has 0 bridgehead atoms. The minimum absolute atomic E-state index is 0.156. The third-order valence-corrected chi connectivity index (χ3v) is 6.79. The van der Waals surface area contributed by atoms with Crippen molar-refractivity contribution in [1.82, 2.24) is 15.5 Å². The molecule has 3 rings (SSSR count). The molecule has 1 aliphatic heterocycles. The Kier molecular flexibility index (Phi) is 8.49. The smallest absolute Gasteiger partial charge is 0.267 e. The van der Waals surface area contributed by atoms with Crippen molar-refractivity contribution in [3.8, 4) is 0 Å². The van der Waals surface area contributed by atoms with Crippen LogP contribution in [-0.2, 0) is 4.79 Å². The molecule has 4 N–H and O–H groups in total. The Hall–Kier alpha value is -2.87. The van der Waals surface area contributed by atoms with Gasteiger partial charge < -0.3 is 26.2 Å². The van der Waals surface area contributed by atoms with Crippen molar-refractivity contribution in [2.75, 3.05) is 45.2 Å². The van der Waals surface area contributed by atoms with Crippen molar-refractivity contribution in [2.45, 2.75) is 45.6 Å². The van der Waals surface area contributed by atoms with Crippen LogP contribution in [0.25, 0.3) is 0 Å². The summed E-state index contributed by atoms with van der Waals surface area (Å²) in [5.74, 6) is -0.205. The number of amides is 2. The van der Waals surface area contributed by atoms with E-state index in [2.05, 4.69) is 39.4 Å². The molecule has 0 atom stereocenters. The van der Waals surface area contributed by atoms with E-state index in [-0.39, 0.29) is 17.6 Å². The van der Waals surface area contributed by atoms with E-state index in [1.807, 2.05) is 24.3 Å². The number of rotatable bonds is 7. The Morgan fingerprint density at radius 1 is 1.00 bits per heavy atom. The molecule has 2 aliphatic rings. The average molecular weight is 455 g/mol. The highest BCUT2D eigenvalue weighted by molar-refractivity contribution is 6.10. The molecule has 2 fully saturated rings. The SMILES string of the molecule is C/N=C(C)\C(NC(=O)c1ccc(N2CCN(C)CC2)cc1)=C(/N[C@H]1CC[C@H](C)CC1)C(N)=O. The Morgan fingerprint density at radius 2 is 1.61 bits per heavy atom. The fraction of sp³-hybridized carbons (Fsp3) is 0.560. The third-order valence-electron chi connectivity index (χ3n) is 6.79. The van der Waals surface area contributed by atoms with E-state index in [9.17, 15) is 9.59 Å². The zero-order chi connectivity index (χ0) is 24.0. The zero-order valence-corrected chi connectivity index (χ0v) is 20.4. The molecule has 1 aliphatic carbocycles. The minimum Gasteiger partial charge on any atom is -0.376 e. The first kappa shape index (κ1) is 24.8. The topological polar surface area (TPSA) is 103 Å². The van der Waals surface area contributed by atoms with E-state index in [0.717, 1.165) is 57.5 Å². The molecule has 33 heavy (non-hydrogen) atoms. The summed E-state index contributed by atoms with van der Waals surface area (Å²) in [4.78, 5) is 34.3. The summed E-state index contributed by atoms with van der Waals surface area (Å²) < 4.78 is 0. The number of allylic oxidation sites excluding steroid dienone is 1. The number of aliphatic imine (C=N–C) groups is 1. The second-order valence-electron chi connectivity index (χ2n) is 9.32. The van der Waals surface area contributed by atoms with Gasteiger partial charge >= 0.3 is 0 Å². The monoisotopic (exact) mass is 454 g/mol. The van der Waals surface area contributed by atoms with E-state index in [1.165, 1.54) is 0 Å². The molecule has 1 saturated carbocycles. The Balaban J connectivity index is 1.77. The molecule has 0 radical (unpaired) electrons. The number of hydrogen-bond acceptors (Lipinski definition) is 6. The Labute approximate surface area is 197 Å². The first-order valence-electron chi connectivity index (χ1n) is 11.9. The number of hydrogen-bond donors (Lipinski definition) is 3. The van der Waals surface area contributed by atoms with E-state index >= 15 is 0 Å². The van der Waals surface area contributed by atoms with Gasteiger partial charge in [0.25, 0.3) is 11.8 Å². The first-order chi connectivity index (χ1) is 15.8. The number of carbonyl (C=O) groups is 2. The lowest BCUT2D eigenvalue weighted by Gasteiger charge is -2.34. The van der Waals surface area contributed by atoms with Crippen LogP contribution in [0.3, 0.4) is 0 Å². The van der Waals surface area contributed by atoms with Gasteiger partial charge in [-0.25, -0.2) is 0 Å². The van der Waals surface area contributed by atoms with Crippen LogP contribution >= 0.6 is 0 Å². The fourth-order valence-electron chi connectivity index (χ4n) is 4.39. The average Bonchev–Trinajstić information content (AvgIpc) is 2.82. The van der Waals surface area contributed by atoms with Gasteiger partial charge in [0.15, 0.2) is 0 Å². The summed E-state index contributed by atoms with van der Waals surface area (Å²) >= 11 is 0. The lowest BCUT2D eigenvalue weighted by atomic mass is 9.87. The van der Waals surface area contributed by atoms with Crippen molar-refractivity contribution in [2.24, 2.45) is 16.6 Å². The van der Waals surface area contributed by atoms with Crippen molar-refractivity contribution < 1.29 is 9.59 Å². The van der Waals surface area contributed by atoms with Crippen LogP contribution in [0, 0.1) is 5.92 Å². The number of likely N-dealkylation sites (N-methyl/N-ethyl adjacent to an activating group) is 1. The molecule has 1 aromatic carbocycles. The standard InChI is InChI=1S/C25H38N6O2/c1-17-5-9-20(10-6-17)28-23(24(26)32)22(18(2)27-3)29-25(33)19-7-11-21(12-8-19)31-15-13-30(4)14-16-31/h7-8,11-12,17,20,28H,5-6,9-10,13-16H2,1-4H3,(H2,26,32)(H,29,33)/b23-22+,27-18-/t17-,20-. The normalized spacial score (nSPS) is 23.0. The third kappa shape index (κ3) is 6.57. The quantitative estimate of drug-likeness (QED) is 0.433. The van der Waals surface area contributed by atoms with Gasteiger partial charge in [0, 0.05) is 50.5 Å². The number of piperazine rings is 1.